The minimum absolute atomic E-state index is 0. The number of halogens is 2. The zero-order valence-electron chi connectivity index (χ0n) is 13.3. The number of benzene rings is 1. The number of carbonyl (C=O) groups excluding carboxylic acids is 1. The zero-order chi connectivity index (χ0) is 16.2. The molecule has 0 aliphatic carbocycles. The molecule has 6 nitrogen and oxygen atoms in total. The van der Waals surface area contributed by atoms with Gasteiger partial charge in [-0.25, -0.2) is 4.39 Å². The molecule has 1 atom stereocenters. The van der Waals surface area contributed by atoms with Gasteiger partial charge >= 0.3 is 0 Å². The van der Waals surface area contributed by atoms with Crippen molar-refractivity contribution in [2.24, 2.45) is 0 Å². The van der Waals surface area contributed by atoms with Gasteiger partial charge in [0, 0.05) is 18.5 Å². The van der Waals surface area contributed by atoms with Gasteiger partial charge in [0.2, 0.25) is 17.6 Å². The van der Waals surface area contributed by atoms with Crippen LogP contribution in [0.25, 0.3) is 11.4 Å². The van der Waals surface area contributed by atoms with E-state index in [2.05, 4.69) is 20.8 Å². The molecule has 1 amide bonds. The Morgan fingerprint density at radius 2 is 2.33 bits per heavy atom. The quantitative estimate of drug-likeness (QED) is 0.858. The lowest BCUT2D eigenvalue weighted by molar-refractivity contribution is -0.122. The van der Waals surface area contributed by atoms with Gasteiger partial charge in [0.25, 0.3) is 0 Å². The van der Waals surface area contributed by atoms with Crippen molar-refractivity contribution in [1.82, 2.24) is 20.8 Å². The molecule has 0 radical (unpaired) electrons. The van der Waals surface area contributed by atoms with Gasteiger partial charge in [-0.05, 0) is 37.9 Å². The number of aryl methyl sites for hydroxylation is 1. The Bertz CT molecular complexity index is 701. The average Bonchev–Trinajstić information content (AvgIpc) is 3.21. The number of carbonyl (C=O) groups is 1. The Balaban J connectivity index is 0.00000208. The van der Waals surface area contributed by atoms with Crippen LogP contribution in [0.3, 0.4) is 0 Å². The Morgan fingerprint density at radius 1 is 1.50 bits per heavy atom. The first-order valence-electron chi connectivity index (χ1n) is 7.73. The lowest BCUT2D eigenvalue weighted by Crippen LogP contribution is -2.41. The van der Waals surface area contributed by atoms with Crippen LogP contribution in [0.15, 0.2) is 22.7 Å². The molecule has 24 heavy (non-hydrogen) atoms. The summed E-state index contributed by atoms with van der Waals surface area (Å²) >= 11 is 0. The standard InChI is InChI=1S/C16H19FN4O2.ClH/c1-10-4-5-11(9-12(10)17)15-20-14(23-21-15)6-8-19-16(22)13-3-2-7-18-13;/h4-5,9,13,18H,2-3,6-8H2,1H3,(H,19,22);1H. The Labute approximate surface area is 145 Å². The van der Waals surface area contributed by atoms with E-state index in [4.69, 9.17) is 4.52 Å². The summed E-state index contributed by atoms with van der Waals surface area (Å²) in [6.07, 6.45) is 2.34. The largest absolute Gasteiger partial charge is 0.354 e. The van der Waals surface area contributed by atoms with Crippen LogP contribution < -0.4 is 10.6 Å². The number of hydrogen-bond acceptors (Lipinski definition) is 5. The summed E-state index contributed by atoms with van der Waals surface area (Å²) in [5, 5.41) is 9.85. The third kappa shape index (κ3) is 4.30. The Morgan fingerprint density at radius 3 is 3.04 bits per heavy atom. The molecule has 2 heterocycles. The highest BCUT2D eigenvalue weighted by Crippen LogP contribution is 2.19. The third-order valence-electron chi connectivity index (χ3n) is 3.91. The number of aromatic nitrogens is 2. The van der Waals surface area contributed by atoms with Crippen molar-refractivity contribution in [3.63, 3.8) is 0 Å². The van der Waals surface area contributed by atoms with Crippen molar-refractivity contribution in [3.8, 4) is 11.4 Å². The first-order valence-corrected chi connectivity index (χ1v) is 7.73. The SMILES string of the molecule is Cc1ccc(-c2noc(CCNC(=O)C3CCCN3)n2)cc1F.Cl. The fourth-order valence-corrected chi connectivity index (χ4v) is 2.53. The van der Waals surface area contributed by atoms with E-state index in [-0.39, 0.29) is 30.2 Å². The molecular weight excluding hydrogens is 335 g/mol. The molecule has 1 aliphatic rings. The topological polar surface area (TPSA) is 80.0 Å². The molecule has 1 aromatic carbocycles. The van der Waals surface area contributed by atoms with Crippen LogP contribution in [0.1, 0.15) is 24.3 Å². The zero-order valence-corrected chi connectivity index (χ0v) is 14.2. The maximum atomic E-state index is 13.6. The van der Waals surface area contributed by atoms with Crippen molar-refractivity contribution >= 4 is 18.3 Å². The minimum atomic E-state index is -0.301. The normalized spacial score (nSPS) is 16.7. The van der Waals surface area contributed by atoms with Crippen LogP contribution in [0.4, 0.5) is 4.39 Å². The highest BCUT2D eigenvalue weighted by molar-refractivity contribution is 5.85. The van der Waals surface area contributed by atoms with E-state index < -0.39 is 0 Å². The van der Waals surface area contributed by atoms with Crippen molar-refractivity contribution in [1.29, 1.82) is 0 Å². The van der Waals surface area contributed by atoms with Crippen LogP contribution in [0.2, 0.25) is 0 Å². The molecule has 1 unspecified atom stereocenters. The maximum absolute atomic E-state index is 13.6. The molecule has 1 aliphatic heterocycles. The molecule has 3 rings (SSSR count). The van der Waals surface area contributed by atoms with Crippen molar-refractivity contribution in [2.45, 2.75) is 32.2 Å². The van der Waals surface area contributed by atoms with Gasteiger partial charge in [0.1, 0.15) is 5.82 Å². The number of nitrogens with one attached hydrogen (secondary N) is 2. The summed E-state index contributed by atoms with van der Waals surface area (Å²) in [5.41, 5.74) is 1.14. The number of amides is 1. The lowest BCUT2D eigenvalue weighted by atomic mass is 10.1. The van der Waals surface area contributed by atoms with E-state index in [1.165, 1.54) is 6.07 Å². The van der Waals surface area contributed by atoms with Crippen LogP contribution in [0, 0.1) is 12.7 Å². The second-order valence-electron chi connectivity index (χ2n) is 5.67. The van der Waals surface area contributed by atoms with Crippen LogP contribution in [-0.4, -0.2) is 35.2 Å². The lowest BCUT2D eigenvalue weighted by Gasteiger charge is -2.09. The number of nitrogens with zero attached hydrogens (tertiary/aromatic N) is 2. The van der Waals surface area contributed by atoms with Crippen LogP contribution in [0.5, 0.6) is 0 Å². The molecule has 130 valence electrons. The van der Waals surface area contributed by atoms with E-state index in [1.807, 2.05) is 0 Å². The predicted molar refractivity (Wildman–Crippen MR) is 89.4 cm³/mol. The highest BCUT2D eigenvalue weighted by Gasteiger charge is 2.21. The molecule has 2 aromatic rings. The third-order valence-corrected chi connectivity index (χ3v) is 3.91. The summed E-state index contributed by atoms with van der Waals surface area (Å²) in [6.45, 7) is 3.02. The second-order valence-corrected chi connectivity index (χ2v) is 5.67. The Hall–Kier alpha value is -1.99. The molecule has 8 heteroatoms. The molecule has 1 aromatic heterocycles. The molecule has 1 fully saturated rings. The van der Waals surface area contributed by atoms with E-state index in [0.29, 0.717) is 35.8 Å². The van der Waals surface area contributed by atoms with E-state index in [0.717, 1.165) is 19.4 Å². The van der Waals surface area contributed by atoms with Crippen LogP contribution in [-0.2, 0) is 11.2 Å². The van der Waals surface area contributed by atoms with E-state index >= 15 is 0 Å². The number of rotatable bonds is 5. The summed E-state index contributed by atoms with van der Waals surface area (Å²) in [6, 6.07) is 4.72. The van der Waals surface area contributed by atoms with Crippen molar-refractivity contribution < 1.29 is 13.7 Å². The molecular formula is C16H20ClFN4O2. The van der Waals surface area contributed by atoms with Gasteiger partial charge in [0.05, 0.1) is 6.04 Å². The summed E-state index contributed by atoms with van der Waals surface area (Å²) in [5.74, 6) is 0.469. The molecule has 0 saturated carbocycles. The number of hydrogen-bond donors (Lipinski definition) is 2. The molecule has 0 bridgehead atoms. The first kappa shape index (κ1) is 18.4. The summed E-state index contributed by atoms with van der Waals surface area (Å²) < 4.78 is 18.7. The van der Waals surface area contributed by atoms with Crippen molar-refractivity contribution in [2.75, 3.05) is 13.1 Å². The fraction of sp³-hybridized carbons (Fsp3) is 0.438. The summed E-state index contributed by atoms with van der Waals surface area (Å²) in [4.78, 5) is 16.1. The van der Waals surface area contributed by atoms with E-state index in [1.54, 1.807) is 19.1 Å². The Kier molecular flexibility index (Phi) is 6.28. The van der Waals surface area contributed by atoms with Gasteiger partial charge in [-0.2, -0.15) is 4.98 Å². The van der Waals surface area contributed by atoms with Crippen LogP contribution >= 0.6 is 12.4 Å². The predicted octanol–water partition coefficient (Wildman–Crippen LogP) is 2.02. The smallest absolute Gasteiger partial charge is 0.237 e. The van der Waals surface area contributed by atoms with Gasteiger partial charge in [-0.1, -0.05) is 17.3 Å². The summed E-state index contributed by atoms with van der Waals surface area (Å²) in [7, 11) is 0. The van der Waals surface area contributed by atoms with Crippen molar-refractivity contribution in [3.05, 3.63) is 35.5 Å². The first-order chi connectivity index (χ1) is 11.1. The molecule has 2 N–H and O–H groups in total. The van der Waals surface area contributed by atoms with Gasteiger partial charge in [-0.15, -0.1) is 12.4 Å². The second kappa shape index (κ2) is 8.21. The van der Waals surface area contributed by atoms with E-state index in [9.17, 15) is 9.18 Å². The minimum Gasteiger partial charge on any atom is -0.354 e. The fourth-order valence-electron chi connectivity index (χ4n) is 2.53. The van der Waals surface area contributed by atoms with Gasteiger partial charge in [0.15, 0.2) is 0 Å². The molecule has 1 saturated heterocycles. The monoisotopic (exact) mass is 354 g/mol. The van der Waals surface area contributed by atoms with Gasteiger partial charge in [-0.3, -0.25) is 4.79 Å². The highest BCUT2D eigenvalue weighted by atomic mass is 35.5. The molecule has 0 spiro atoms. The van der Waals surface area contributed by atoms with Gasteiger partial charge < -0.3 is 15.2 Å². The maximum Gasteiger partial charge on any atom is 0.237 e. The average molecular weight is 355 g/mol.